The molecule has 1 aliphatic heterocycles. The number of nitrogen functional groups attached to an aromatic ring is 1. The summed E-state index contributed by atoms with van der Waals surface area (Å²) in [6.45, 7) is 8.73. The van der Waals surface area contributed by atoms with Crippen molar-refractivity contribution in [1.29, 1.82) is 0 Å². The van der Waals surface area contributed by atoms with Crippen LogP contribution in [0.15, 0.2) is 11.1 Å². The summed E-state index contributed by atoms with van der Waals surface area (Å²) in [6.07, 6.45) is -2.63. The van der Waals surface area contributed by atoms with Gasteiger partial charge in [0.15, 0.2) is 22.5 Å². The molecule has 19 heteroatoms. The molecule has 0 amide bonds. The Morgan fingerprint density at radius 3 is 2.65 bits per heavy atom. The molecule has 43 heavy (non-hydrogen) atoms. The number of ether oxygens (including phenoxy) is 2. The van der Waals surface area contributed by atoms with Crippen LogP contribution in [0, 0.1) is 5.41 Å². The average molecular weight is 667 g/mol. The molecule has 0 radical (unpaired) electrons. The molecular formula is C24H36ClN6O10PS. The molecule has 1 saturated carbocycles. The highest BCUT2D eigenvalue weighted by Gasteiger charge is 2.83. The second-order valence-electron chi connectivity index (χ2n) is 11.5. The summed E-state index contributed by atoms with van der Waals surface area (Å²) in [7, 11) is -4.38. The van der Waals surface area contributed by atoms with Gasteiger partial charge in [-0.25, -0.2) is 14.6 Å². The van der Waals surface area contributed by atoms with Gasteiger partial charge in [-0.15, -0.1) is 11.6 Å². The number of aliphatic hydroxyl groups is 2. The number of nitrogens with one attached hydrogen (secondary N) is 2. The lowest BCUT2D eigenvalue weighted by Gasteiger charge is -2.33. The number of carbonyl (C=O) groups excluding carboxylic acids is 2. The molecule has 0 aromatic carbocycles. The van der Waals surface area contributed by atoms with Crippen molar-refractivity contribution in [3.8, 4) is 0 Å². The molecular weight excluding hydrogens is 631 g/mol. The van der Waals surface area contributed by atoms with Gasteiger partial charge in [-0.1, -0.05) is 11.8 Å². The molecule has 6 N–H and O–H groups in total. The van der Waals surface area contributed by atoms with Crippen LogP contribution in [0.1, 0.15) is 47.8 Å². The number of anilines is 1. The Morgan fingerprint density at radius 1 is 1.40 bits per heavy atom. The van der Waals surface area contributed by atoms with E-state index in [1.165, 1.54) is 24.7 Å². The van der Waals surface area contributed by atoms with Gasteiger partial charge in [-0.3, -0.25) is 33.0 Å². The number of nitrogens with zero attached hydrogens (tertiary/aromatic N) is 3. The molecule has 2 aromatic rings. The molecule has 3 heterocycles. The Kier molecular flexibility index (Phi) is 9.45. The number of aromatic amines is 1. The van der Waals surface area contributed by atoms with E-state index in [4.69, 9.17) is 35.9 Å². The molecule has 1 saturated heterocycles. The van der Waals surface area contributed by atoms with E-state index in [1.807, 2.05) is 0 Å². The number of nitrogens with two attached hydrogens (primary N) is 1. The van der Waals surface area contributed by atoms with Crippen LogP contribution < -0.4 is 16.4 Å². The summed E-state index contributed by atoms with van der Waals surface area (Å²) >= 11 is 7.73. The fraction of sp³-hybridized carbons (Fsp3) is 0.708. The third kappa shape index (κ3) is 6.37. The van der Waals surface area contributed by atoms with Gasteiger partial charge in [-0.05, 0) is 41.5 Å². The number of esters is 1. The van der Waals surface area contributed by atoms with Crippen molar-refractivity contribution in [3.63, 3.8) is 0 Å². The maximum Gasteiger partial charge on any atom is 0.406 e. The molecule has 7 atom stereocenters. The highest BCUT2D eigenvalue weighted by Crippen LogP contribution is 2.67. The highest BCUT2D eigenvalue weighted by molar-refractivity contribution is 8.13. The van der Waals surface area contributed by atoms with Crippen molar-refractivity contribution in [2.45, 2.75) is 82.6 Å². The van der Waals surface area contributed by atoms with E-state index in [-0.39, 0.29) is 41.2 Å². The molecule has 2 aliphatic rings. The second-order valence-corrected chi connectivity index (χ2v) is 15.0. The number of hydrogen-bond donors (Lipinski definition) is 5. The van der Waals surface area contributed by atoms with Gasteiger partial charge in [0.05, 0.1) is 31.1 Å². The number of H-pyrrole nitrogens is 1. The Labute approximate surface area is 255 Å². The Hall–Kier alpha value is -2.08. The predicted molar refractivity (Wildman–Crippen MR) is 156 cm³/mol. The van der Waals surface area contributed by atoms with E-state index in [0.29, 0.717) is 0 Å². The summed E-state index contributed by atoms with van der Waals surface area (Å²) in [5, 5.41) is 23.2. The van der Waals surface area contributed by atoms with Crippen molar-refractivity contribution < 1.29 is 42.9 Å². The molecule has 2 aromatic heterocycles. The molecule has 4 rings (SSSR count). The molecule has 2 unspecified atom stereocenters. The number of aromatic nitrogens is 4. The van der Waals surface area contributed by atoms with Gasteiger partial charge in [0, 0.05) is 5.75 Å². The lowest BCUT2D eigenvalue weighted by atomic mass is 9.97. The van der Waals surface area contributed by atoms with Crippen LogP contribution in [0.4, 0.5) is 5.95 Å². The first-order chi connectivity index (χ1) is 19.9. The standard InChI is InChI=1S/C24H36ClN6O10PS/c1-11(2)39-18(34)12(3)30-42(37,38-7-8-43-20(35)22(4,5)9-32)41-15-14-24(15,36)23(6,25)19(40-14)31-10-27-13-16(31)28-21(26)29-17(13)33/h10-12,14-15,19,32,36H,7-9H2,1-6H3,(H,30,37)(H3,26,28,29,33)/t12-,14-,15?,19-,23+,24+,42?/m1/s1. The molecule has 2 fully saturated rings. The third-order valence-electron chi connectivity index (χ3n) is 7.09. The fourth-order valence-electron chi connectivity index (χ4n) is 4.51. The van der Waals surface area contributed by atoms with Crippen LogP contribution in [0.5, 0.6) is 0 Å². The normalized spacial score (nSPS) is 28.9. The van der Waals surface area contributed by atoms with Crippen LogP contribution in [0.3, 0.4) is 0 Å². The Bertz CT molecular complexity index is 1500. The average Bonchev–Trinajstić information content (AvgIpc) is 3.16. The van der Waals surface area contributed by atoms with E-state index in [9.17, 15) is 29.2 Å². The van der Waals surface area contributed by atoms with Crippen LogP contribution >= 0.6 is 31.1 Å². The van der Waals surface area contributed by atoms with Crippen LogP contribution in [0.25, 0.3) is 11.2 Å². The van der Waals surface area contributed by atoms with Gasteiger partial charge < -0.3 is 25.4 Å². The predicted octanol–water partition coefficient (Wildman–Crippen LogP) is 1.06. The number of hydrogen-bond acceptors (Lipinski definition) is 14. The number of thioether (sulfide) groups is 1. The van der Waals surface area contributed by atoms with Gasteiger partial charge >= 0.3 is 13.7 Å². The van der Waals surface area contributed by atoms with E-state index in [2.05, 4.69) is 20.0 Å². The third-order valence-corrected chi connectivity index (χ3v) is 10.5. The quantitative estimate of drug-likeness (QED) is 0.0871. The van der Waals surface area contributed by atoms with E-state index in [1.54, 1.807) is 27.7 Å². The zero-order chi connectivity index (χ0) is 32.1. The first-order valence-corrected chi connectivity index (χ1v) is 16.3. The molecule has 0 bridgehead atoms. The summed E-state index contributed by atoms with van der Waals surface area (Å²) in [4.78, 5) is 45.9. The lowest BCUT2D eigenvalue weighted by molar-refractivity contribution is -0.149. The minimum absolute atomic E-state index is 0.0197. The minimum Gasteiger partial charge on any atom is -0.462 e. The number of carbonyl (C=O) groups is 2. The number of rotatable bonds is 13. The van der Waals surface area contributed by atoms with Crippen LogP contribution in [-0.4, -0.2) is 94.6 Å². The molecule has 1 aliphatic carbocycles. The maximum atomic E-state index is 13.9. The Morgan fingerprint density at radius 2 is 2.07 bits per heavy atom. The monoisotopic (exact) mass is 666 g/mol. The number of aliphatic hydroxyl groups excluding tert-OH is 1. The van der Waals surface area contributed by atoms with Crippen molar-refractivity contribution in [2.24, 2.45) is 5.41 Å². The summed E-state index contributed by atoms with van der Waals surface area (Å²) in [6, 6.07) is -1.15. The zero-order valence-electron chi connectivity index (χ0n) is 24.4. The smallest absolute Gasteiger partial charge is 0.406 e. The molecule has 0 spiro atoms. The maximum absolute atomic E-state index is 13.9. The van der Waals surface area contributed by atoms with Crippen molar-refractivity contribution >= 4 is 59.3 Å². The van der Waals surface area contributed by atoms with Crippen molar-refractivity contribution in [2.75, 3.05) is 24.7 Å². The molecule has 240 valence electrons. The van der Waals surface area contributed by atoms with Crippen LogP contribution in [-0.2, 0) is 32.7 Å². The zero-order valence-corrected chi connectivity index (χ0v) is 26.9. The van der Waals surface area contributed by atoms with E-state index < -0.39 is 65.7 Å². The van der Waals surface area contributed by atoms with E-state index in [0.717, 1.165) is 11.8 Å². The van der Waals surface area contributed by atoms with Crippen LogP contribution in [0.2, 0.25) is 0 Å². The fourth-order valence-corrected chi connectivity index (χ4v) is 7.49. The SMILES string of the molecule is CC(C)OC(=O)[C@@H](C)NP(=O)(OCCSC(=O)C(C)(C)CO)OC1[C@H]2O[C@@H](n3cnc4c(=O)[nH]c(N)nc43)[C@](C)(Cl)[C@@]12O. The minimum atomic E-state index is -4.38. The van der Waals surface area contributed by atoms with Crippen molar-refractivity contribution in [3.05, 3.63) is 16.7 Å². The Balaban J connectivity index is 1.51. The second kappa shape index (κ2) is 12.0. The van der Waals surface area contributed by atoms with E-state index >= 15 is 0 Å². The first kappa shape index (κ1) is 33.8. The number of imidazole rings is 1. The molecule has 16 nitrogen and oxygen atoms in total. The van der Waals surface area contributed by atoms with Gasteiger partial charge in [-0.2, -0.15) is 4.98 Å². The number of fused-ring (bicyclic) bond motifs is 2. The number of alkyl halides is 1. The topological polar surface area (TPSA) is 230 Å². The first-order valence-electron chi connectivity index (χ1n) is 13.4. The summed E-state index contributed by atoms with van der Waals surface area (Å²) < 4.78 is 37.8. The highest BCUT2D eigenvalue weighted by atomic mass is 35.5. The van der Waals surface area contributed by atoms with Gasteiger partial charge in [0.1, 0.15) is 28.7 Å². The largest absolute Gasteiger partial charge is 0.462 e. The van der Waals surface area contributed by atoms with Crippen molar-refractivity contribution in [1.82, 2.24) is 24.6 Å². The number of halogens is 1. The van der Waals surface area contributed by atoms with Gasteiger partial charge in [0.25, 0.3) is 5.56 Å². The van der Waals surface area contributed by atoms with Gasteiger partial charge in [0.2, 0.25) is 5.95 Å². The summed E-state index contributed by atoms with van der Waals surface area (Å²) in [5.74, 6) is -0.832. The lowest BCUT2D eigenvalue weighted by Crippen LogP contribution is -2.44. The summed E-state index contributed by atoms with van der Waals surface area (Å²) in [5.41, 5.74) is 2.28.